The van der Waals surface area contributed by atoms with E-state index in [-0.39, 0.29) is 0 Å². The third-order valence-corrected chi connectivity index (χ3v) is 4.40. The Labute approximate surface area is 102 Å². The van der Waals surface area contributed by atoms with E-state index in [4.69, 9.17) is 0 Å². The summed E-state index contributed by atoms with van der Waals surface area (Å²) in [6.45, 7) is 5.40. The van der Waals surface area contributed by atoms with Crippen molar-refractivity contribution >= 4 is 11.3 Å². The fourth-order valence-corrected chi connectivity index (χ4v) is 3.13. The van der Waals surface area contributed by atoms with Crippen molar-refractivity contribution in [1.82, 2.24) is 10.3 Å². The molecule has 0 aliphatic heterocycles. The summed E-state index contributed by atoms with van der Waals surface area (Å²) in [6.07, 6.45) is 6.93. The SMILES string of the molecule is Cc1nc(CNC2CCCCCC2C)cs1. The van der Waals surface area contributed by atoms with Gasteiger partial charge >= 0.3 is 0 Å². The summed E-state index contributed by atoms with van der Waals surface area (Å²) < 4.78 is 0. The van der Waals surface area contributed by atoms with Gasteiger partial charge in [0.05, 0.1) is 10.7 Å². The first-order chi connectivity index (χ1) is 7.75. The summed E-state index contributed by atoms with van der Waals surface area (Å²) in [5, 5.41) is 7.03. The minimum atomic E-state index is 0.699. The third kappa shape index (κ3) is 3.29. The van der Waals surface area contributed by atoms with E-state index in [1.54, 1.807) is 11.3 Å². The second-order valence-electron chi connectivity index (χ2n) is 4.96. The maximum Gasteiger partial charge on any atom is 0.0897 e. The predicted molar refractivity (Wildman–Crippen MR) is 69.7 cm³/mol. The third-order valence-electron chi connectivity index (χ3n) is 3.57. The number of rotatable bonds is 3. The Morgan fingerprint density at radius 2 is 2.19 bits per heavy atom. The number of aryl methyl sites for hydroxylation is 1. The van der Waals surface area contributed by atoms with Crippen LogP contribution in [0.4, 0.5) is 0 Å². The van der Waals surface area contributed by atoms with Gasteiger partial charge in [0.1, 0.15) is 0 Å². The van der Waals surface area contributed by atoms with Crippen LogP contribution in [0, 0.1) is 12.8 Å². The number of nitrogens with zero attached hydrogens (tertiary/aromatic N) is 1. The van der Waals surface area contributed by atoms with E-state index in [2.05, 4.69) is 29.5 Å². The Kier molecular flexibility index (Phi) is 4.36. The van der Waals surface area contributed by atoms with Gasteiger partial charge in [-0.1, -0.05) is 26.2 Å². The topological polar surface area (TPSA) is 24.9 Å². The van der Waals surface area contributed by atoms with E-state index in [1.807, 2.05) is 0 Å². The number of nitrogens with one attached hydrogen (secondary N) is 1. The van der Waals surface area contributed by atoms with Crippen molar-refractivity contribution in [3.05, 3.63) is 16.1 Å². The molecule has 1 heterocycles. The first-order valence-corrected chi connectivity index (χ1v) is 7.28. The minimum absolute atomic E-state index is 0.699. The summed E-state index contributed by atoms with van der Waals surface area (Å²) in [4.78, 5) is 4.50. The van der Waals surface area contributed by atoms with Crippen LogP contribution in [0.2, 0.25) is 0 Å². The summed E-state index contributed by atoms with van der Waals surface area (Å²) in [5.41, 5.74) is 1.21. The molecular weight excluding hydrogens is 216 g/mol. The number of hydrogen-bond donors (Lipinski definition) is 1. The standard InChI is InChI=1S/C13H22N2S/c1-10-6-4-3-5-7-13(10)14-8-12-9-16-11(2)15-12/h9-10,13-14H,3-8H2,1-2H3. The molecule has 2 nitrogen and oxygen atoms in total. The summed E-state index contributed by atoms with van der Waals surface area (Å²) in [6, 6.07) is 0.699. The highest BCUT2D eigenvalue weighted by Gasteiger charge is 2.19. The molecule has 2 atom stereocenters. The van der Waals surface area contributed by atoms with Gasteiger partial charge in [0.15, 0.2) is 0 Å². The van der Waals surface area contributed by atoms with Crippen LogP contribution in [0.3, 0.4) is 0 Å². The molecule has 16 heavy (non-hydrogen) atoms. The van der Waals surface area contributed by atoms with Gasteiger partial charge in [-0.05, 0) is 25.7 Å². The van der Waals surface area contributed by atoms with E-state index in [1.165, 1.54) is 42.8 Å². The molecule has 0 saturated heterocycles. The van der Waals surface area contributed by atoms with Crippen molar-refractivity contribution in [3.63, 3.8) is 0 Å². The smallest absolute Gasteiger partial charge is 0.0897 e. The van der Waals surface area contributed by atoms with Crippen LogP contribution in [-0.2, 0) is 6.54 Å². The van der Waals surface area contributed by atoms with Crippen molar-refractivity contribution in [2.24, 2.45) is 5.92 Å². The zero-order valence-electron chi connectivity index (χ0n) is 10.3. The lowest BCUT2D eigenvalue weighted by Crippen LogP contribution is -2.33. The molecule has 1 aliphatic carbocycles. The van der Waals surface area contributed by atoms with Crippen molar-refractivity contribution in [1.29, 1.82) is 0 Å². The van der Waals surface area contributed by atoms with Gasteiger partial charge in [-0.3, -0.25) is 0 Å². The molecule has 3 heteroatoms. The summed E-state index contributed by atoms with van der Waals surface area (Å²) >= 11 is 1.74. The van der Waals surface area contributed by atoms with Gasteiger partial charge in [0.2, 0.25) is 0 Å². The minimum Gasteiger partial charge on any atom is -0.308 e. The van der Waals surface area contributed by atoms with E-state index < -0.39 is 0 Å². The Balaban J connectivity index is 1.83. The van der Waals surface area contributed by atoms with Gasteiger partial charge in [0.25, 0.3) is 0 Å². The average molecular weight is 238 g/mol. The van der Waals surface area contributed by atoms with E-state index in [0.29, 0.717) is 6.04 Å². The lowest BCUT2D eigenvalue weighted by Gasteiger charge is -2.22. The van der Waals surface area contributed by atoms with Gasteiger partial charge in [-0.25, -0.2) is 4.98 Å². The van der Waals surface area contributed by atoms with Gasteiger partial charge in [-0.2, -0.15) is 0 Å². The largest absolute Gasteiger partial charge is 0.308 e. The molecule has 0 amide bonds. The summed E-state index contributed by atoms with van der Waals surface area (Å²) in [7, 11) is 0. The van der Waals surface area contributed by atoms with Crippen LogP contribution in [0.1, 0.15) is 49.7 Å². The highest BCUT2D eigenvalue weighted by atomic mass is 32.1. The normalized spacial score (nSPS) is 26.6. The molecule has 1 fully saturated rings. The molecule has 2 rings (SSSR count). The second-order valence-corrected chi connectivity index (χ2v) is 6.02. The van der Waals surface area contributed by atoms with Crippen LogP contribution in [0.25, 0.3) is 0 Å². The van der Waals surface area contributed by atoms with E-state index in [9.17, 15) is 0 Å². The molecule has 0 spiro atoms. The Hall–Kier alpha value is -0.410. The zero-order valence-corrected chi connectivity index (χ0v) is 11.1. The van der Waals surface area contributed by atoms with Crippen LogP contribution in [0.5, 0.6) is 0 Å². The van der Waals surface area contributed by atoms with Gasteiger partial charge in [0, 0.05) is 18.0 Å². The lowest BCUT2D eigenvalue weighted by molar-refractivity contribution is 0.355. The zero-order chi connectivity index (χ0) is 11.4. The molecule has 0 aromatic carbocycles. The molecular formula is C13H22N2S. The average Bonchev–Trinajstić information content (AvgIpc) is 2.56. The highest BCUT2D eigenvalue weighted by Crippen LogP contribution is 2.23. The Bertz CT molecular complexity index is 321. The lowest BCUT2D eigenvalue weighted by atomic mass is 9.97. The van der Waals surface area contributed by atoms with Crippen molar-refractivity contribution in [2.75, 3.05) is 0 Å². The molecule has 1 aromatic heterocycles. The Morgan fingerprint density at radius 1 is 1.38 bits per heavy atom. The van der Waals surface area contributed by atoms with Gasteiger partial charge < -0.3 is 5.32 Å². The number of thiazole rings is 1. The highest BCUT2D eigenvalue weighted by molar-refractivity contribution is 7.09. The molecule has 1 saturated carbocycles. The Morgan fingerprint density at radius 3 is 2.94 bits per heavy atom. The molecule has 1 aliphatic rings. The first kappa shape index (κ1) is 12.1. The molecule has 0 radical (unpaired) electrons. The van der Waals surface area contributed by atoms with Gasteiger partial charge in [-0.15, -0.1) is 11.3 Å². The number of aromatic nitrogens is 1. The van der Waals surface area contributed by atoms with E-state index >= 15 is 0 Å². The van der Waals surface area contributed by atoms with E-state index in [0.717, 1.165) is 12.5 Å². The molecule has 90 valence electrons. The fraction of sp³-hybridized carbons (Fsp3) is 0.769. The van der Waals surface area contributed by atoms with Crippen molar-refractivity contribution in [3.8, 4) is 0 Å². The monoisotopic (exact) mass is 238 g/mol. The number of hydrogen-bond acceptors (Lipinski definition) is 3. The maximum atomic E-state index is 4.50. The van der Waals surface area contributed by atoms with Crippen molar-refractivity contribution in [2.45, 2.75) is 58.5 Å². The molecule has 1 aromatic rings. The maximum absolute atomic E-state index is 4.50. The predicted octanol–water partition coefficient (Wildman–Crippen LogP) is 3.51. The quantitative estimate of drug-likeness (QED) is 0.815. The fourth-order valence-electron chi connectivity index (χ4n) is 2.52. The molecule has 0 bridgehead atoms. The molecule has 2 unspecified atom stereocenters. The van der Waals surface area contributed by atoms with Crippen molar-refractivity contribution < 1.29 is 0 Å². The summed E-state index contributed by atoms with van der Waals surface area (Å²) in [5.74, 6) is 0.822. The molecule has 1 N–H and O–H groups in total. The van der Waals surface area contributed by atoms with Crippen LogP contribution < -0.4 is 5.32 Å². The second kappa shape index (κ2) is 5.78. The van der Waals surface area contributed by atoms with Crippen LogP contribution >= 0.6 is 11.3 Å². The first-order valence-electron chi connectivity index (χ1n) is 6.40. The van der Waals surface area contributed by atoms with Crippen LogP contribution in [-0.4, -0.2) is 11.0 Å². The van der Waals surface area contributed by atoms with Crippen LogP contribution in [0.15, 0.2) is 5.38 Å².